The van der Waals surface area contributed by atoms with E-state index in [1.165, 1.54) is 11.3 Å². The fourth-order valence-corrected chi connectivity index (χ4v) is 4.04. The Bertz CT molecular complexity index is 383. The van der Waals surface area contributed by atoms with Crippen LogP contribution in [0.25, 0.3) is 0 Å². The second kappa shape index (κ2) is 3.23. The SMILES string of the molecule is NC(=O)c1csc2c1CCS(=O)C2. The molecule has 5 heteroatoms. The van der Waals surface area contributed by atoms with Crippen LogP contribution in [0, 0.1) is 0 Å². The topological polar surface area (TPSA) is 60.2 Å². The standard InChI is InChI=1S/C8H9NO2S2/c9-8(10)6-3-12-7-4-13(11)2-1-5(6)7/h3H,1-2,4H2,(H2,9,10). The van der Waals surface area contributed by atoms with Crippen molar-refractivity contribution < 1.29 is 9.00 Å². The molecule has 1 aliphatic heterocycles. The molecule has 1 unspecified atom stereocenters. The Morgan fingerprint density at radius 1 is 1.62 bits per heavy atom. The number of fused-ring (bicyclic) bond motifs is 1. The van der Waals surface area contributed by atoms with Crippen LogP contribution in [0.2, 0.25) is 0 Å². The Kier molecular flexibility index (Phi) is 2.21. The van der Waals surface area contributed by atoms with Gasteiger partial charge in [-0.2, -0.15) is 0 Å². The number of primary amides is 1. The summed E-state index contributed by atoms with van der Waals surface area (Å²) in [5.74, 6) is 0.877. The highest BCUT2D eigenvalue weighted by Gasteiger charge is 2.21. The Labute approximate surface area is 82.4 Å². The molecule has 0 aliphatic carbocycles. The highest BCUT2D eigenvalue weighted by atomic mass is 32.2. The molecule has 70 valence electrons. The Hall–Kier alpha value is -0.680. The van der Waals surface area contributed by atoms with E-state index in [1.54, 1.807) is 5.38 Å². The van der Waals surface area contributed by atoms with Gasteiger partial charge in [0.05, 0.1) is 11.3 Å². The van der Waals surface area contributed by atoms with E-state index >= 15 is 0 Å². The molecular weight excluding hydrogens is 206 g/mol. The van der Waals surface area contributed by atoms with E-state index in [2.05, 4.69) is 0 Å². The molecule has 1 aromatic heterocycles. The van der Waals surface area contributed by atoms with Crippen molar-refractivity contribution in [3.63, 3.8) is 0 Å². The van der Waals surface area contributed by atoms with Gasteiger partial charge in [-0.25, -0.2) is 0 Å². The van der Waals surface area contributed by atoms with Gasteiger partial charge < -0.3 is 5.73 Å². The van der Waals surface area contributed by atoms with E-state index in [-0.39, 0.29) is 5.91 Å². The first-order chi connectivity index (χ1) is 6.18. The summed E-state index contributed by atoms with van der Waals surface area (Å²) in [6.45, 7) is 0. The number of hydrogen-bond donors (Lipinski definition) is 1. The lowest BCUT2D eigenvalue weighted by molar-refractivity contribution is 0.1000. The Morgan fingerprint density at radius 3 is 3.08 bits per heavy atom. The maximum atomic E-state index is 11.2. The van der Waals surface area contributed by atoms with Crippen LogP contribution in [0.1, 0.15) is 20.8 Å². The molecule has 1 amide bonds. The van der Waals surface area contributed by atoms with Crippen LogP contribution in [-0.2, 0) is 23.0 Å². The predicted molar refractivity (Wildman–Crippen MR) is 53.3 cm³/mol. The lowest BCUT2D eigenvalue weighted by Gasteiger charge is -2.11. The molecule has 2 rings (SSSR count). The molecule has 2 heterocycles. The van der Waals surface area contributed by atoms with Gasteiger partial charge in [-0.05, 0) is 12.0 Å². The maximum Gasteiger partial charge on any atom is 0.249 e. The second-order valence-corrected chi connectivity index (χ2v) is 5.49. The summed E-state index contributed by atoms with van der Waals surface area (Å²) in [5, 5.41) is 1.77. The minimum absolute atomic E-state index is 0.370. The zero-order chi connectivity index (χ0) is 9.42. The molecule has 0 radical (unpaired) electrons. The number of hydrogen-bond acceptors (Lipinski definition) is 3. The number of carbonyl (C=O) groups is 1. The molecular formula is C8H9NO2S2. The van der Waals surface area contributed by atoms with Crippen LogP contribution < -0.4 is 5.73 Å². The molecule has 13 heavy (non-hydrogen) atoms. The molecule has 0 spiro atoms. The van der Waals surface area contributed by atoms with Crippen molar-refractivity contribution in [2.75, 3.05) is 5.75 Å². The van der Waals surface area contributed by atoms with Crippen LogP contribution >= 0.6 is 11.3 Å². The minimum atomic E-state index is -0.743. The summed E-state index contributed by atoms with van der Waals surface area (Å²) in [7, 11) is -0.743. The third kappa shape index (κ3) is 1.53. The van der Waals surface area contributed by atoms with Gasteiger partial charge >= 0.3 is 0 Å². The highest BCUT2D eigenvalue weighted by molar-refractivity contribution is 7.84. The number of rotatable bonds is 1. The van der Waals surface area contributed by atoms with Gasteiger partial charge in [-0.1, -0.05) is 0 Å². The van der Waals surface area contributed by atoms with Crippen LogP contribution in [0.4, 0.5) is 0 Å². The zero-order valence-electron chi connectivity index (χ0n) is 6.91. The lowest BCUT2D eigenvalue weighted by Crippen LogP contribution is -2.17. The molecule has 0 saturated heterocycles. The van der Waals surface area contributed by atoms with Crippen molar-refractivity contribution in [1.29, 1.82) is 0 Å². The zero-order valence-corrected chi connectivity index (χ0v) is 8.54. The third-order valence-corrected chi connectivity index (χ3v) is 4.60. The second-order valence-electron chi connectivity index (χ2n) is 2.95. The first-order valence-corrected chi connectivity index (χ1v) is 6.29. The fourth-order valence-electron chi connectivity index (χ4n) is 1.46. The van der Waals surface area contributed by atoms with Crippen molar-refractivity contribution in [1.82, 2.24) is 0 Å². The van der Waals surface area contributed by atoms with Crippen molar-refractivity contribution in [2.45, 2.75) is 12.2 Å². The maximum absolute atomic E-state index is 11.2. The number of nitrogens with two attached hydrogens (primary N) is 1. The Morgan fingerprint density at radius 2 is 2.38 bits per heavy atom. The number of thiophene rings is 1. The molecule has 2 N–H and O–H groups in total. The Balaban J connectivity index is 2.44. The average molecular weight is 215 g/mol. The number of amides is 1. The van der Waals surface area contributed by atoms with Crippen LogP contribution in [0.3, 0.4) is 0 Å². The van der Waals surface area contributed by atoms with E-state index < -0.39 is 10.8 Å². The smallest absolute Gasteiger partial charge is 0.249 e. The van der Waals surface area contributed by atoms with E-state index in [0.29, 0.717) is 17.1 Å². The van der Waals surface area contributed by atoms with E-state index in [0.717, 1.165) is 16.9 Å². The molecule has 1 atom stereocenters. The summed E-state index contributed by atoms with van der Waals surface area (Å²) in [6.07, 6.45) is 0.726. The van der Waals surface area contributed by atoms with Gasteiger partial charge in [0.1, 0.15) is 0 Å². The van der Waals surface area contributed by atoms with Gasteiger partial charge in [-0.3, -0.25) is 9.00 Å². The summed E-state index contributed by atoms with van der Waals surface area (Å²) < 4.78 is 11.2. The molecule has 0 fully saturated rings. The first-order valence-electron chi connectivity index (χ1n) is 3.92. The third-order valence-electron chi connectivity index (χ3n) is 2.12. The van der Waals surface area contributed by atoms with Crippen LogP contribution in [-0.4, -0.2) is 15.9 Å². The van der Waals surface area contributed by atoms with Gasteiger partial charge in [0.25, 0.3) is 0 Å². The van der Waals surface area contributed by atoms with Crippen molar-refractivity contribution >= 4 is 28.0 Å². The first kappa shape index (κ1) is 8.90. The molecule has 1 aliphatic rings. The normalized spacial score (nSPS) is 21.1. The summed E-state index contributed by atoms with van der Waals surface area (Å²) in [5.41, 5.74) is 6.86. The molecule has 1 aromatic rings. The summed E-state index contributed by atoms with van der Waals surface area (Å²) >= 11 is 1.49. The quantitative estimate of drug-likeness (QED) is 0.747. The van der Waals surface area contributed by atoms with Crippen LogP contribution in [0.5, 0.6) is 0 Å². The predicted octanol–water partition coefficient (Wildman–Crippen LogP) is 0.652. The molecule has 0 saturated carbocycles. The highest BCUT2D eigenvalue weighted by Crippen LogP contribution is 2.28. The monoisotopic (exact) mass is 215 g/mol. The van der Waals surface area contributed by atoms with Crippen molar-refractivity contribution in [3.8, 4) is 0 Å². The van der Waals surface area contributed by atoms with Crippen molar-refractivity contribution in [2.24, 2.45) is 5.73 Å². The summed E-state index contributed by atoms with van der Waals surface area (Å²) in [4.78, 5) is 12.0. The van der Waals surface area contributed by atoms with E-state index in [1.807, 2.05) is 0 Å². The summed E-state index contributed by atoms with van der Waals surface area (Å²) in [6, 6.07) is 0. The van der Waals surface area contributed by atoms with E-state index in [9.17, 15) is 9.00 Å². The largest absolute Gasteiger partial charge is 0.366 e. The van der Waals surface area contributed by atoms with Gasteiger partial charge in [-0.15, -0.1) is 11.3 Å². The van der Waals surface area contributed by atoms with Gasteiger partial charge in [0.2, 0.25) is 5.91 Å². The fraction of sp³-hybridized carbons (Fsp3) is 0.375. The molecule has 0 bridgehead atoms. The minimum Gasteiger partial charge on any atom is -0.366 e. The van der Waals surface area contributed by atoms with E-state index in [4.69, 9.17) is 5.73 Å². The van der Waals surface area contributed by atoms with Gasteiger partial charge in [0, 0.05) is 26.8 Å². The number of carbonyl (C=O) groups excluding carboxylic acids is 1. The van der Waals surface area contributed by atoms with Gasteiger partial charge in [0.15, 0.2) is 0 Å². The lowest BCUT2D eigenvalue weighted by atomic mass is 10.1. The van der Waals surface area contributed by atoms with Crippen LogP contribution in [0.15, 0.2) is 5.38 Å². The molecule has 3 nitrogen and oxygen atoms in total. The van der Waals surface area contributed by atoms with Crippen molar-refractivity contribution in [3.05, 3.63) is 21.4 Å². The molecule has 0 aromatic carbocycles. The average Bonchev–Trinajstić information content (AvgIpc) is 2.46.